The Morgan fingerprint density at radius 2 is 1.95 bits per heavy atom. The van der Waals surface area contributed by atoms with E-state index in [4.69, 9.17) is 9.47 Å². The largest absolute Gasteiger partial charge is 0.481 e. The van der Waals surface area contributed by atoms with Crippen LogP contribution in [0.15, 0.2) is 24.3 Å². The fraction of sp³-hybridized carbons (Fsp3) is 0.562. The average Bonchev–Trinajstić information content (AvgIpc) is 2.55. The zero-order chi connectivity index (χ0) is 15.2. The Morgan fingerprint density at radius 3 is 2.52 bits per heavy atom. The Morgan fingerprint density at radius 1 is 1.33 bits per heavy atom. The van der Waals surface area contributed by atoms with Gasteiger partial charge in [-0.3, -0.25) is 4.79 Å². The lowest BCUT2D eigenvalue weighted by molar-refractivity contribution is -0.142. The predicted octanol–water partition coefficient (Wildman–Crippen LogP) is 1.76. The summed E-state index contributed by atoms with van der Waals surface area (Å²) < 4.78 is 10.9. The molecule has 0 bridgehead atoms. The van der Waals surface area contributed by atoms with Gasteiger partial charge >= 0.3 is 0 Å². The van der Waals surface area contributed by atoms with Crippen molar-refractivity contribution in [3.05, 3.63) is 29.8 Å². The van der Waals surface area contributed by atoms with Crippen LogP contribution in [0.4, 0.5) is 0 Å². The molecule has 0 spiro atoms. The van der Waals surface area contributed by atoms with E-state index >= 15 is 0 Å². The summed E-state index contributed by atoms with van der Waals surface area (Å²) >= 11 is 0. The Labute approximate surface area is 125 Å². The summed E-state index contributed by atoms with van der Waals surface area (Å²) in [5.74, 6) is 0.618. The van der Waals surface area contributed by atoms with E-state index in [1.807, 2.05) is 19.1 Å². The number of nitrogens with zero attached hydrogens (tertiary/aromatic N) is 1. The minimum atomic E-state index is -0.523. The van der Waals surface area contributed by atoms with Crippen LogP contribution in [0, 0.1) is 0 Å². The molecule has 2 rings (SSSR count). The first-order valence-corrected chi connectivity index (χ1v) is 7.43. The van der Waals surface area contributed by atoms with Gasteiger partial charge in [0.25, 0.3) is 5.91 Å². The van der Waals surface area contributed by atoms with Crippen LogP contribution in [-0.4, -0.2) is 48.3 Å². The predicted molar refractivity (Wildman–Crippen MR) is 79.2 cm³/mol. The molecule has 1 heterocycles. The molecule has 116 valence electrons. The maximum Gasteiger partial charge on any atom is 0.263 e. The Kier molecular flexibility index (Phi) is 5.59. The average molecular weight is 293 g/mol. The van der Waals surface area contributed by atoms with Crippen molar-refractivity contribution in [2.45, 2.75) is 32.5 Å². The summed E-state index contributed by atoms with van der Waals surface area (Å²) in [6, 6.07) is 7.24. The van der Waals surface area contributed by atoms with Crippen LogP contribution in [0.5, 0.6) is 5.75 Å². The third kappa shape index (κ3) is 4.19. The van der Waals surface area contributed by atoms with E-state index < -0.39 is 12.2 Å². The molecule has 1 fully saturated rings. The number of aliphatic hydroxyl groups is 1. The van der Waals surface area contributed by atoms with Crippen molar-refractivity contribution < 1.29 is 19.4 Å². The molecule has 0 saturated carbocycles. The van der Waals surface area contributed by atoms with E-state index in [9.17, 15) is 9.90 Å². The Hall–Kier alpha value is -1.59. The van der Waals surface area contributed by atoms with Gasteiger partial charge in [0.1, 0.15) is 5.75 Å². The molecule has 0 radical (unpaired) electrons. The van der Waals surface area contributed by atoms with Crippen molar-refractivity contribution in [3.8, 4) is 5.75 Å². The van der Waals surface area contributed by atoms with Crippen LogP contribution in [0.1, 0.15) is 31.9 Å². The number of carbonyl (C=O) groups is 1. The van der Waals surface area contributed by atoms with Crippen LogP contribution in [0.3, 0.4) is 0 Å². The number of hydrogen-bond acceptors (Lipinski definition) is 4. The van der Waals surface area contributed by atoms with Crippen molar-refractivity contribution in [3.63, 3.8) is 0 Å². The van der Waals surface area contributed by atoms with Crippen molar-refractivity contribution in [2.24, 2.45) is 0 Å². The number of rotatable bonds is 5. The van der Waals surface area contributed by atoms with Crippen LogP contribution in [0.25, 0.3) is 0 Å². The third-order valence-electron chi connectivity index (χ3n) is 3.63. The third-order valence-corrected chi connectivity index (χ3v) is 3.63. The van der Waals surface area contributed by atoms with Crippen molar-refractivity contribution in [1.82, 2.24) is 4.90 Å². The van der Waals surface area contributed by atoms with E-state index in [0.717, 1.165) is 5.56 Å². The molecule has 1 aromatic rings. The topological polar surface area (TPSA) is 59.0 Å². The van der Waals surface area contributed by atoms with Gasteiger partial charge in [-0.05, 0) is 31.0 Å². The molecule has 1 saturated heterocycles. The summed E-state index contributed by atoms with van der Waals surface area (Å²) in [7, 11) is 0. The lowest BCUT2D eigenvalue weighted by atomic mass is 10.1. The number of hydrogen-bond donors (Lipinski definition) is 1. The first kappa shape index (κ1) is 15.8. The molecule has 1 N–H and O–H groups in total. The number of morpholine rings is 1. The highest BCUT2D eigenvalue weighted by molar-refractivity contribution is 5.81. The van der Waals surface area contributed by atoms with Gasteiger partial charge in [0.2, 0.25) is 0 Å². The van der Waals surface area contributed by atoms with Gasteiger partial charge in [-0.15, -0.1) is 0 Å². The Balaban J connectivity index is 1.92. The highest BCUT2D eigenvalue weighted by atomic mass is 16.5. The highest BCUT2D eigenvalue weighted by Gasteiger charge is 2.23. The molecular formula is C16H23NO4. The molecule has 0 aliphatic carbocycles. The second-order valence-electron chi connectivity index (χ2n) is 5.19. The quantitative estimate of drug-likeness (QED) is 0.898. The van der Waals surface area contributed by atoms with Gasteiger partial charge in [-0.2, -0.15) is 0 Å². The van der Waals surface area contributed by atoms with Gasteiger partial charge in [-0.25, -0.2) is 0 Å². The molecule has 1 aliphatic heterocycles. The highest BCUT2D eigenvalue weighted by Crippen LogP contribution is 2.20. The minimum absolute atomic E-state index is 0.0176. The van der Waals surface area contributed by atoms with E-state index in [-0.39, 0.29) is 5.91 Å². The summed E-state index contributed by atoms with van der Waals surface area (Å²) in [5, 5.41) is 9.75. The van der Waals surface area contributed by atoms with Gasteiger partial charge in [0, 0.05) is 13.1 Å². The first-order chi connectivity index (χ1) is 10.1. The molecule has 1 aliphatic rings. The Bertz CT molecular complexity index is 454. The second kappa shape index (κ2) is 7.43. The SMILES string of the molecule is CCC(O)c1ccc(OC(C)C(=O)N2CCOCC2)cc1. The smallest absolute Gasteiger partial charge is 0.263 e. The molecule has 1 aromatic carbocycles. The van der Waals surface area contributed by atoms with E-state index in [1.165, 1.54) is 0 Å². The lowest BCUT2D eigenvalue weighted by Crippen LogP contribution is -2.46. The molecule has 1 amide bonds. The van der Waals surface area contributed by atoms with Crippen molar-refractivity contribution >= 4 is 5.91 Å². The van der Waals surface area contributed by atoms with Crippen molar-refractivity contribution in [1.29, 1.82) is 0 Å². The number of amides is 1. The lowest BCUT2D eigenvalue weighted by Gasteiger charge is -2.29. The monoisotopic (exact) mass is 293 g/mol. The van der Waals surface area contributed by atoms with Crippen LogP contribution < -0.4 is 4.74 Å². The number of benzene rings is 1. The summed E-state index contributed by atoms with van der Waals surface area (Å²) in [5.41, 5.74) is 0.858. The van der Waals surface area contributed by atoms with Crippen LogP contribution >= 0.6 is 0 Å². The van der Waals surface area contributed by atoms with Crippen molar-refractivity contribution in [2.75, 3.05) is 26.3 Å². The molecule has 5 nitrogen and oxygen atoms in total. The van der Waals surface area contributed by atoms with E-state index in [2.05, 4.69) is 0 Å². The fourth-order valence-electron chi connectivity index (χ4n) is 2.30. The maximum absolute atomic E-state index is 12.2. The van der Waals surface area contributed by atoms with Gasteiger partial charge in [0.05, 0.1) is 19.3 Å². The summed E-state index contributed by atoms with van der Waals surface area (Å²) in [4.78, 5) is 14.0. The van der Waals surface area contributed by atoms with Crippen LogP contribution in [0.2, 0.25) is 0 Å². The second-order valence-corrected chi connectivity index (χ2v) is 5.19. The minimum Gasteiger partial charge on any atom is -0.481 e. The first-order valence-electron chi connectivity index (χ1n) is 7.43. The zero-order valence-electron chi connectivity index (χ0n) is 12.6. The fourth-order valence-corrected chi connectivity index (χ4v) is 2.30. The van der Waals surface area contributed by atoms with Gasteiger partial charge < -0.3 is 19.5 Å². The molecule has 2 atom stereocenters. The normalized spacial score (nSPS) is 18.1. The van der Waals surface area contributed by atoms with Gasteiger partial charge in [0.15, 0.2) is 6.10 Å². The zero-order valence-corrected chi connectivity index (χ0v) is 12.6. The summed E-state index contributed by atoms with van der Waals surface area (Å²) in [6.07, 6.45) is -0.303. The standard InChI is InChI=1S/C16H23NO4/c1-3-15(18)13-4-6-14(7-5-13)21-12(2)16(19)17-8-10-20-11-9-17/h4-7,12,15,18H,3,8-11H2,1-2H3. The molecule has 2 unspecified atom stereocenters. The number of carbonyl (C=O) groups excluding carboxylic acids is 1. The molecule has 5 heteroatoms. The molecular weight excluding hydrogens is 270 g/mol. The maximum atomic E-state index is 12.2. The number of aliphatic hydroxyl groups excluding tert-OH is 1. The summed E-state index contributed by atoms with van der Waals surface area (Å²) in [6.45, 7) is 6.09. The molecule has 0 aromatic heterocycles. The molecule has 21 heavy (non-hydrogen) atoms. The van der Waals surface area contributed by atoms with E-state index in [1.54, 1.807) is 24.0 Å². The van der Waals surface area contributed by atoms with Gasteiger partial charge in [-0.1, -0.05) is 19.1 Å². The number of ether oxygens (including phenoxy) is 2. The van der Waals surface area contributed by atoms with E-state index in [0.29, 0.717) is 38.5 Å². The van der Waals surface area contributed by atoms with Crippen LogP contribution in [-0.2, 0) is 9.53 Å².